The van der Waals surface area contributed by atoms with E-state index in [4.69, 9.17) is 29.4 Å². The predicted molar refractivity (Wildman–Crippen MR) is 132 cm³/mol. The van der Waals surface area contributed by atoms with Crippen LogP contribution in [0.1, 0.15) is 40.7 Å². The van der Waals surface area contributed by atoms with Gasteiger partial charge in [-0.25, -0.2) is 4.79 Å². The van der Waals surface area contributed by atoms with E-state index in [0.717, 1.165) is 6.42 Å². The number of carbonyl (C=O) groups excluding carboxylic acids is 1. The minimum Gasteiger partial charge on any atom is -0.497 e. The Hall–Kier alpha value is -4.64. The van der Waals surface area contributed by atoms with Gasteiger partial charge in [0.1, 0.15) is 40.4 Å². The second-order valence-electron chi connectivity index (χ2n) is 7.99. The maximum Gasteiger partial charge on any atom is 0.343 e. The van der Waals surface area contributed by atoms with E-state index in [1.165, 1.54) is 0 Å². The summed E-state index contributed by atoms with van der Waals surface area (Å²) in [4.78, 5) is 12.7. The molecule has 4 rings (SSSR count). The zero-order valence-electron chi connectivity index (χ0n) is 20.2. The number of fused-ring (bicyclic) bond motifs is 1. The van der Waals surface area contributed by atoms with Gasteiger partial charge in [-0.2, -0.15) is 5.26 Å². The van der Waals surface area contributed by atoms with Crippen LogP contribution in [0.4, 0.5) is 0 Å². The number of rotatable bonds is 8. The smallest absolute Gasteiger partial charge is 0.343 e. The van der Waals surface area contributed by atoms with E-state index in [0.29, 0.717) is 46.3 Å². The Morgan fingerprint density at radius 3 is 2.36 bits per heavy atom. The summed E-state index contributed by atoms with van der Waals surface area (Å²) in [5.41, 5.74) is 8.11. The monoisotopic (exact) mass is 486 g/mol. The quantitative estimate of drug-likeness (QED) is 0.352. The lowest BCUT2D eigenvalue weighted by Crippen LogP contribution is -2.21. The summed E-state index contributed by atoms with van der Waals surface area (Å²) in [6, 6.07) is 19.2. The summed E-state index contributed by atoms with van der Waals surface area (Å²) in [6.45, 7) is 2.63. The van der Waals surface area contributed by atoms with E-state index in [1.807, 2.05) is 6.92 Å². The van der Waals surface area contributed by atoms with E-state index in [-0.39, 0.29) is 17.2 Å². The zero-order valence-corrected chi connectivity index (χ0v) is 20.2. The first-order chi connectivity index (χ1) is 17.5. The first kappa shape index (κ1) is 24.5. The first-order valence-corrected chi connectivity index (χ1v) is 11.4. The molecule has 1 atom stereocenters. The number of benzene rings is 3. The van der Waals surface area contributed by atoms with Crippen molar-refractivity contribution in [2.24, 2.45) is 5.73 Å². The molecule has 0 aliphatic carbocycles. The van der Waals surface area contributed by atoms with Gasteiger partial charge >= 0.3 is 5.97 Å². The minimum absolute atomic E-state index is 0.0361. The molecule has 3 aromatic rings. The van der Waals surface area contributed by atoms with Gasteiger partial charge in [-0.1, -0.05) is 13.0 Å². The highest BCUT2D eigenvalue weighted by molar-refractivity contribution is 5.91. The summed E-state index contributed by atoms with van der Waals surface area (Å²) in [5.74, 6) is 1.37. The Bertz CT molecular complexity index is 1340. The summed E-state index contributed by atoms with van der Waals surface area (Å²) in [6.07, 6.45) is 0.894. The Morgan fingerprint density at radius 1 is 0.972 bits per heavy atom. The van der Waals surface area contributed by atoms with Crippen LogP contribution in [-0.2, 0) is 0 Å². The molecule has 2 N–H and O–H groups in total. The second kappa shape index (κ2) is 10.7. The lowest BCUT2D eigenvalue weighted by molar-refractivity contribution is 0.0734. The van der Waals surface area contributed by atoms with Crippen molar-refractivity contribution >= 4 is 5.97 Å². The van der Waals surface area contributed by atoms with Crippen LogP contribution in [0.2, 0.25) is 0 Å². The SMILES string of the molecule is CCCOc1ccc(C(=O)Oc2ccc3c(c2)OC(N)=C(C#N)C3c2cc(OC)ccc2OC)cc1. The normalized spacial score (nSPS) is 14.2. The maximum atomic E-state index is 12.7. The molecular formula is C28H26N2O6. The molecule has 0 spiro atoms. The molecular weight excluding hydrogens is 460 g/mol. The number of allylic oxidation sites excluding steroid dienone is 1. The van der Waals surface area contributed by atoms with Crippen LogP contribution in [0.15, 0.2) is 72.1 Å². The van der Waals surface area contributed by atoms with Gasteiger partial charge in [-0.3, -0.25) is 0 Å². The van der Waals surface area contributed by atoms with Crippen LogP contribution >= 0.6 is 0 Å². The fourth-order valence-electron chi connectivity index (χ4n) is 3.96. The molecule has 0 radical (unpaired) electrons. The van der Waals surface area contributed by atoms with Crippen molar-refractivity contribution in [3.8, 4) is 34.8 Å². The Morgan fingerprint density at radius 2 is 1.69 bits per heavy atom. The Balaban J connectivity index is 1.65. The van der Waals surface area contributed by atoms with Crippen molar-refractivity contribution in [3.63, 3.8) is 0 Å². The molecule has 0 bridgehead atoms. The molecule has 0 saturated heterocycles. The molecule has 0 amide bonds. The Labute approximate surface area is 209 Å². The number of carbonyl (C=O) groups is 1. The Kier molecular flexibility index (Phi) is 7.31. The third-order valence-electron chi connectivity index (χ3n) is 5.71. The molecule has 1 unspecified atom stereocenters. The fourth-order valence-corrected chi connectivity index (χ4v) is 3.96. The first-order valence-electron chi connectivity index (χ1n) is 11.4. The zero-order chi connectivity index (χ0) is 25.7. The van der Waals surface area contributed by atoms with E-state index in [1.54, 1.807) is 74.9 Å². The van der Waals surface area contributed by atoms with Gasteiger partial charge in [-0.05, 0) is 55.0 Å². The van der Waals surface area contributed by atoms with Crippen molar-refractivity contribution in [2.45, 2.75) is 19.3 Å². The van der Waals surface area contributed by atoms with Crippen molar-refractivity contribution in [1.82, 2.24) is 0 Å². The molecule has 0 fully saturated rings. The lowest BCUT2D eigenvalue weighted by atomic mass is 9.83. The van der Waals surface area contributed by atoms with Crippen LogP contribution in [0.5, 0.6) is 28.7 Å². The van der Waals surface area contributed by atoms with Crippen LogP contribution in [0, 0.1) is 11.3 Å². The number of esters is 1. The topological polar surface area (TPSA) is 113 Å². The molecule has 8 heteroatoms. The molecule has 1 aliphatic rings. The van der Waals surface area contributed by atoms with Gasteiger partial charge in [0, 0.05) is 17.2 Å². The number of hydrogen-bond donors (Lipinski definition) is 1. The van der Waals surface area contributed by atoms with Gasteiger partial charge in [-0.15, -0.1) is 0 Å². The van der Waals surface area contributed by atoms with Gasteiger partial charge in [0.2, 0.25) is 5.88 Å². The minimum atomic E-state index is -0.566. The number of hydrogen-bond acceptors (Lipinski definition) is 8. The van der Waals surface area contributed by atoms with Crippen molar-refractivity contribution < 1.29 is 28.5 Å². The summed E-state index contributed by atoms with van der Waals surface area (Å²) >= 11 is 0. The van der Waals surface area contributed by atoms with Crippen molar-refractivity contribution in [3.05, 3.63) is 88.8 Å². The van der Waals surface area contributed by atoms with Gasteiger partial charge in [0.15, 0.2) is 0 Å². The summed E-state index contributed by atoms with van der Waals surface area (Å²) < 4.78 is 27.8. The van der Waals surface area contributed by atoms with Crippen molar-refractivity contribution in [1.29, 1.82) is 5.26 Å². The summed E-state index contributed by atoms with van der Waals surface area (Å²) in [5, 5.41) is 9.86. The van der Waals surface area contributed by atoms with Crippen LogP contribution < -0.4 is 29.4 Å². The molecule has 1 heterocycles. The molecule has 8 nitrogen and oxygen atoms in total. The number of ether oxygens (including phenoxy) is 5. The second-order valence-corrected chi connectivity index (χ2v) is 7.99. The third kappa shape index (κ3) is 4.91. The largest absolute Gasteiger partial charge is 0.497 e. The van der Waals surface area contributed by atoms with Gasteiger partial charge in [0.25, 0.3) is 0 Å². The number of nitrogens with zero attached hydrogens (tertiary/aromatic N) is 1. The number of methoxy groups -OCH3 is 2. The van der Waals surface area contributed by atoms with Crippen LogP contribution in [-0.4, -0.2) is 26.8 Å². The fraction of sp³-hybridized carbons (Fsp3) is 0.214. The molecule has 1 aliphatic heterocycles. The lowest BCUT2D eigenvalue weighted by Gasteiger charge is -2.28. The van der Waals surface area contributed by atoms with E-state index in [2.05, 4.69) is 6.07 Å². The van der Waals surface area contributed by atoms with E-state index < -0.39 is 11.9 Å². The third-order valence-corrected chi connectivity index (χ3v) is 5.71. The highest BCUT2D eigenvalue weighted by Crippen LogP contribution is 2.46. The van der Waals surface area contributed by atoms with Crippen molar-refractivity contribution in [2.75, 3.05) is 20.8 Å². The van der Waals surface area contributed by atoms with Crippen LogP contribution in [0.25, 0.3) is 0 Å². The van der Waals surface area contributed by atoms with Gasteiger partial charge in [0.05, 0.1) is 32.3 Å². The van der Waals surface area contributed by atoms with E-state index in [9.17, 15) is 10.1 Å². The molecule has 3 aromatic carbocycles. The van der Waals surface area contributed by atoms with E-state index >= 15 is 0 Å². The number of nitriles is 1. The molecule has 0 aromatic heterocycles. The van der Waals surface area contributed by atoms with Crippen LogP contribution in [0.3, 0.4) is 0 Å². The highest BCUT2D eigenvalue weighted by Gasteiger charge is 2.33. The average Bonchev–Trinajstić information content (AvgIpc) is 2.90. The highest BCUT2D eigenvalue weighted by atomic mass is 16.5. The summed E-state index contributed by atoms with van der Waals surface area (Å²) in [7, 11) is 3.11. The maximum absolute atomic E-state index is 12.7. The number of nitrogens with two attached hydrogens (primary N) is 1. The average molecular weight is 487 g/mol. The molecule has 0 saturated carbocycles. The molecule has 36 heavy (non-hydrogen) atoms. The predicted octanol–water partition coefficient (Wildman–Crippen LogP) is 4.93. The molecule has 184 valence electrons. The standard InChI is InChI=1S/C28H26N2O6/c1-4-13-34-18-7-5-17(6-8-18)28(31)35-20-9-11-21-25(15-20)36-27(30)23(16-29)26(21)22-14-19(32-2)10-12-24(22)33-3/h5-12,14-15,26H,4,13,30H2,1-3H3. The van der Waals surface area contributed by atoms with Gasteiger partial charge < -0.3 is 29.4 Å².